The molecule has 1 aliphatic carbocycles. The molecule has 2 aromatic rings. The van der Waals surface area contributed by atoms with Crippen LogP contribution in [0.2, 0.25) is 0 Å². The molecule has 2 aliphatic rings. The molecule has 1 atom stereocenters. The van der Waals surface area contributed by atoms with Gasteiger partial charge in [0.2, 0.25) is 0 Å². The van der Waals surface area contributed by atoms with E-state index in [2.05, 4.69) is 4.90 Å². The molecule has 2 fully saturated rings. The molecule has 2 N–H and O–H groups in total. The van der Waals surface area contributed by atoms with Crippen LogP contribution < -0.4 is 5.32 Å². The van der Waals surface area contributed by atoms with E-state index in [1.54, 1.807) is 18.2 Å². The molecule has 1 aliphatic heterocycles. The lowest BCUT2D eigenvalue weighted by molar-refractivity contribution is -0.167. The van der Waals surface area contributed by atoms with Crippen LogP contribution in [-0.4, -0.2) is 93.9 Å². The number of carbonyl (C=O) groups excluding carboxylic acids is 2. The lowest BCUT2D eigenvalue weighted by Gasteiger charge is -2.46. The summed E-state index contributed by atoms with van der Waals surface area (Å²) in [6.07, 6.45) is -0.0670. The summed E-state index contributed by atoms with van der Waals surface area (Å²) in [7, 11) is 1.66. The zero-order valence-corrected chi connectivity index (χ0v) is 25.1. The molecule has 13 heteroatoms. The molecule has 4 rings (SSSR count). The summed E-state index contributed by atoms with van der Waals surface area (Å²) < 4.78 is 51.8. The van der Waals surface area contributed by atoms with E-state index in [1.165, 1.54) is 26.0 Å². The third kappa shape index (κ3) is 7.54. The molecule has 1 saturated carbocycles. The van der Waals surface area contributed by atoms with Gasteiger partial charge >= 0.3 is 18.2 Å². The Kier molecular flexibility index (Phi) is 9.15. The first kappa shape index (κ1) is 32.0. The third-order valence-corrected chi connectivity index (χ3v) is 7.87. The van der Waals surface area contributed by atoms with Gasteiger partial charge in [-0.05, 0) is 72.4 Å². The topological polar surface area (TPSA) is 109 Å². The number of carbonyl (C=O) groups is 2. The second-order valence-corrected chi connectivity index (χ2v) is 12.8. The Hall–Kier alpha value is -2.90. The van der Waals surface area contributed by atoms with E-state index in [9.17, 15) is 27.9 Å². The van der Waals surface area contributed by atoms with Crippen molar-refractivity contribution < 1.29 is 37.3 Å². The Morgan fingerprint density at radius 3 is 2.26 bits per heavy atom. The van der Waals surface area contributed by atoms with E-state index in [4.69, 9.17) is 14.6 Å². The molecule has 2 amide bonds. The Morgan fingerprint density at radius 2 is 1.69 bits per heavy atom. The first-order valence-corrected chi connectivity index (χ1v) is 14.3. The lowest BCUT2D eigenvalue weighted by Crippen LogP contribution is -2.60. The quantitative estimate of drug-likeness (QED) is 0.492. The third-order valence-electron chi connectivity index (χ3n) is 7.87. The van der Waals surface area contributed by atoms with Crippen LogP contribution >= 0.6 is 0 Å². The van der Waals surface area contributed by atoms with Crippen molar-refractivity contribution in [2.24, 2.45) is 0 Å². The molecule has 10 nitrogen and oxygen atoms in total. The smallest absolute Gasteiger partial charge is 0.444 e. The average molecular weight is 598 g/mol. The van der Waals surface area contributed by atoms with Gasteiger partial charge in [0.05, 0.1) is 29.8 Å². The van der Waals surface area contributed by atoms with Gasteiger partial charge in [-0.1, -0.05) is 0 Å². The van der Waals surface area contributed by atoms with Crippen molar-refractivity contribution >= 4 is 28.6 Å². The minimum atomic E-state index is -5.06. The van der Waals surface area contributed by atoms with Crippen LogP contribution in [0.25, 0.3) is 10.9 Å². The molecule has 0 spiro atoms. The van der Waals surface area contributed by atoms with Crippen LogP contribution in [0.3, 0.4) is 0 Å². The SMILES string of the molecule is COC[C@@H]1CN(C(=O)OC(C)(C)C)CCN1C1CCC(n2cc3cc(NC(=O)C(F)(F)F)c(C(C)(C)O)cc3n2)CC1. The first-order chi connectivity index (χ1) is 19.5. The van der Waals surface area contributed by atoms with Gasteiger partial charge in [-0.3, -0.25) is 14.4 Å². The standard InChI is InChI=1S/C29H42F3N5O5/c1-27(2,3)42-26(39)35-11-12-36(21(16-35)17-41-6)19-7-9-20(10-8-19)37-15-18-13-24(33-25(38)29(30,31)32)22(28(4,5)40)14-23(18)34-37/h13-15,19-21,40H,7-12,16-17H2,1-6H3,(H,33,38)/t19?,20?,21-/m0/s1. The van der Waals surface area contributed by atoms with Crippen molar-refractivity contribution in [3.05, 3.63) is 23.9 Å². The maximum atomic E-state index is 12.9. The van der Waals surface area contributed by atoms with E-state index in [0.717, 1.165) is 32.2 Å². The number of aromatic nitrogens is 2. The summed E-state index contributed by atoms with van der Waals surface area (Å²) in [5, 5.41) is 17.8. The van der Waals surface area contributed by atoms with Crippen LogP contribution in [0.5, 0.6) is 0 Å². The second-order valence-electron chi connectivity index (χ2n) is 12.8. The molecular formula is C29H42F3N5O5. The van der Waals surface area contributed by atoms with E-state index in [1.807, 2.05) is 30.8 Å². The van der Waals surface area contributed by atoms with Gasteiger partial charge < -0.3 is 24.8 Å². The van der Waals surface area contributed by atoms with Crippen molar-refractivity contribution in [3.63, 3.8) is 0 Å². The van der Waals surface area contributed by atoms with Gasteiger partial charge in [0.15, 0.2) is 0 Å². The number of rotatable bonds is 6. The number of aliphatic hydroxyl groups is 1. The van der Waals surface area contributed by atoms with Crippen LogP contribution in [-0.2, 0) is 19.9 Å². The summed E-state index contributed by atoms with van der Waals surface area (Å²) in [4.78, 5) is 28.5. The highest BCUT2D eigenvalue weighted by Gasteiger charge is 2.40. The highest BCUT2D eigenvalue weighted by Crippen LogP contribution is 2.36. The fourth-order valence-corrected chi connectivity index (χ4v) is 5.92. The molecule has 0 radical (unpaired) electrons. The maximum absolute atomic E-state index is 12.9. The van der Waals surface area contributed by atoms with Gasteiger partial charge in [-0.15, -0.1) is 0 Å². The number of hydrogen-bond donors (Lipinski definition) is 2. The van der Waals surface area contributed by atoms with Crippen LogP contribution in [0.1, 0.15) is 71.9 Å². The predicted octanol–water partition coefficient (Wildman–Crippen LogP) is 4.82. The fraction of sp³-hybridized carbons (Fsp3) is 0.690. The lowest BCUT2D eigenvalue weighted by atomic mass is 9.89. The number of nitrogens with one attached hydrogen (secondary N) is 1. The van der Waals surface area contributed by atoms with Gasteiger partial charge in [0.25, 0.3) is 0 Å². The summed E-state index contributed by atoms with van der Waals surface area (Å²) in [6, 6.07) is 3.43. The van der Waals surface area contributed by atoms with Crippen LogP contribution in [0.15, 0.2) is 18.3 Å². The number of halogens is 3. The van der Waals surface area contributed by atoms with Crippen molar-refractivity contribution in [1.82, 2.24) is 19.6 Å². The van der Waals surface area contributed by atoms with Gasteiger partial charge in [0, 0.05) is 55.6 Å². The molecule has 1 aromatic carbocycles. The second kappa shape index (κ2) is 12.0. The Labute approximate surface area is 244 Å². The van der Waals surface area contributed by atoms with Crippen molar-refractivity contribution in [3.8, 4) is 0 Å². The Bertz CT molecular complexity index is 1280. The Balaban J connectivity index is 1.45. The van der Waals surface area contributed by atoms with Crippen molar-refractivity contribution in [2.75, 3.05) is 38.7 Å². The molecule has 234 valence electrons. The number of ether oxygens (including phenoxy) is 2. The first-order valence-electron chi connectivity index (χ1n) is 14.3. The minimum absolute atomic E-state index is 0.0516. The van der Waals surface area contributed by atoms with Crippen molar-refractivity contribution in [2.45, 2.75) is 95.8 Å². The number of piperazine rings is 1. The molecule has 1 saturated heterocycles. The van der Waals surface area contributed by atoms with E-state index in [0.29, 0.717) is 36.6 Å². The molecule has 2 heterocycles. The highest BCUT2D eigenvalue weighted by atomic mass is 19.4. The number of alkyl halides is 3. The molecule has 0 bridgehead atoms. The molecular weight excluding hydrogens is 555 g/mol. The fourth-order valence-electron chi connectivity index (χ4n) is 5.92. The van der Waals surface area contributed by atoms with E-state index in [-0.39, 0.29) is 29.4 Å². The van der Waals surface area contributed by atoms with Crippen LogP contribution in [0, 0.1) is 0 Å². The normalized spacial score (nSPS) is 22.8. The van der Waals surface area contributed by atoms with Gasteiger partial charge in [0.1, 0.15) is 5.60 Å². The van der Waals surface area contributed by atoms with Gasteiger partial charge in [-0.2, -0.15) is 18.3 Å². The molecule has 1 aromatic heterocycles. The largest absolute Gasteiger partial charge is 0.471 e. The van der Waals surface area contributed by atoms with Crippen LogP contribution in [0.4, 0.5) is 23.7 Å². The summed E-state index contributed by atoms with van der Waals surface area (Å²) >= 11 is 0. The number of amides is 2. The zero-order chi connectivity index (χ0) is 31.0. The number of methoxy groups -OCH3 is 1. The number of anilines is 1. The van der Waals surface area contributed by atoms with E-state index < -0.39 is 23.3 Å². The minimum Gasteiger partial charge on any atom is -0.444 e. The maximum Gasteiger partial charge on any atom is 0.471 e. The summed E-state index contributed by atoms with van der Waals surface area (Å²) in [5.41, 5.74) is -1.49. The molecule has 0 unspecified atom stereocenters. The zero-order valence-electron chi connectivity index (χ0n) is 25.1. The molecule has 42 heavy (non-hydrogen) atoms. The predicted molar refractivity (Wildman–Crippen MR) is 151 cm³/mol. The number of fused-ring (bicyclic) bond motifs is 1. The van der Waals surface area contributed by atoms with Crippen molar-refractivity contribution in [1.29, 1.82) is 0 Å². The summed E-state index contributed by atoms with van der Waals surface area (Å²) in [6.45, 7) is 10.8. The monoisotopic (exact) mass is 597 g/mol. The summed E-state index contributed by atoms with van der Waals surface area (Å²) in [5.74, 6) is -2.10. The Morgan fingerprint density at radius 1 is 1.05 bits per heavy atom. The average Bonchev–Trinajstić information content (AvgIpc) is 3.29. The van der Waals surface area contributed by atoms with E-state index >= 15 is 0 Å². The number of hydrogen-bond acceptors (Lipinski definition) is 7. The number of benzene rings is 1. The van der Waals surface area contributed by atoms with Gasteiger partial charge in [-0.25, -0.2) is 4.79 Å². The number of nitrogens with zero attached hydrogens (tertiary/aromatic N) is 4. The highest BCUT2D eigenvalue weighted by molar-refractivity contribution is 5.98.